The smallest absolute Gasteiger partial charge is 0.415 e. The minimum Gasteiger partial charge on any atom is -0.443 e. The van der Waals surface area contributed by atoms with Crippen LogP contribution in [0.5, 0.6) is 0 Å². The van der Waals surface area contributed by atoms with E-state index in [2.05, 4.69) is 9.88 Å². The highest BCUT2D eigenvalue weighted by molar-refractivity contribution is 6.13. The van der Waals surface area contributed by atoms with Crippen molar-refractivity contribution in [2.24, 2.45) is 5.41 Å². The minimum atomic E-state index is -0.611. The first kappa shape index (κ1) is 17.3. The van der Waals surface area contributed by atoms with Gasteiger partial charge in [0.15, 0.2) is 0 Å². The standard InChI is InChI=1S/C19H25N3O4/c1-18(2,3)26-17(24)22-10-15(23)16-14(22)8-13(9-20-16)21-6-4-19(5-7-21)11-25-12-19/h8-9H,4-7,10-12H2,1-3H3. The number of aromatic nitrogens is 1. The van der Waals surface area contributed by atoms with Crippen LogP contribution >= 0.6 is 0 Å². The van der Waals surface area contributed by atoms with Gasteiger partial charge in [-0.1, -0.05) is 0 Å². The third-order valence-corrected chi connectivity index (χ3v) is 5.33. The van der Waals surface area contributed by atoms with Gasteiger partial charge in [-0.05, 0) is 39.7 Å². The van der Waals surface area contributed by atoms with Crippen molar-refractivity contribution in [1.29, 1.82) is 0 Å². The zero-order valence-corrected chi connectivity index (χ0v) is 15.6. The number of piperidine rings is 1. The van der Waals surface area contributed by atoms with Crippen molar-refractivity contribution in [2.45, 2.75) is 39.2 Å². The lowest BCUT2D eigenvalue weighted by atomic mass is 9.77. The number of pyridine rings is 1. The monoisotopic (exact) mass is 359 g/mol. The lowest BCUT2D eigenvalue weighted by molar-refractivity contribution is -0.124. The minimum absolute atomic E-state index is 0.0127. The van der Waals surface area contributed by atoms with Crippen molar-refractivity contribution in [2.75, 3.05) is 42.6 Å². The van der Waals surface area contributed by atoms with Gasteiger partial charge in [0, 0.05) is 18.5 Å². The Morgan fingerprint density at radius 3 is 2.54 bits per heavy atom. The maximum Gasteiger partial charge on any atom is 0.415 e. The highest BCUT2D eigenvalue weighted by atomic mass is 16.6. The third-order valence-electron chi connectivity index (χ3n) is 5.33. The van der Waals surface area contributed by atoms with E-state index in [0.717, 1.165) is 44.8 Å². The number of amides is 1. The van der Waals surface area contributed by atoms with E-state index in [-0.39, 0.29) is 12.3 Å². The molecule has 7 heteroatoms. The lowest BCUT2D eigenvalue weighted by Crippen LogP contribution is -2.51. The van der Waals surface area contributed by atoms with E-state index in [1.165, 1.54) is 4.90 Å². The Morgan fingerprint density at radius 2 is 1.96 bits per heavy atom. The quantitative estimate of drug-likeness (QED) is 0.768. The highest BCUT2D eigenvalue weighted by Crippen LogP contribution is 2.40. The number of hydrogen-bond acceptors (Lipinski definition) is 6. The van der Waals surface area contributed by atoms with Gasteiger partial charge in [0.2, 0.25) is 5.78 Å². The van der Waals surface area contributed by atoms with Crippen LogP contribution in [0.15, 0.2) is 12.3 Å². The maximum absolute atomic E-state index is 12.5. The Balaban J connectivity index is 1.54. The predicted molar refractivity (Wildman–Crippen MR) is 96.8 cm³/mol. The van der Waals surface area contributed by atoms with E-state index < -0.39 is 11.7 Å². The molecule has 1 amide bonds. The van der Waals surface area contributed by atoms with E-state index in [4.69, 9.17) is 9.47 Å². The van der Waals surface area contributed by atoms with Crippen LogP contribution in [-0.4, -0.2) is 55.3 Å². The summed E-state index contributed by atoms with van der Waals surface area (Å²) in [4.78, 5) is 32.7. The van der Waals surface area contributed by atoms with Crippen molar-refractivity contribution in [3.8, 4) is 0 Å². The van der Waals surface area contributed by atoms with Gasteiger partial charge in [0.1, 0.15) is 11.3 Å². The van der Waals surface area contributed by atoms with Crippen molar-refractivity contribution in [3.63, 3.8) is 0 Å². The van der Waals surface area contributed by atoms with E-state index in [9.17, 15) is 9.59 Å². The molecule has 4 rings (SSSR count). The number of rotatable bonds is 1. The second-order valence-corrected chi connectivity index (χ2v) is 8.53. The van der Waals surface area contributed by atoms with E-state index in [1.54, 1.807) is 6.20 Å². The molecule has 7 nitrogen and oxygen atoms in total. The van der Waals surface area contributed by atoms with Crippen molar-refractivity contribution < 1.29 is 19.1 Å². The largest absolute Gasteiger partial charge is 0.443 e. The van der Waals surface area contributed by atoms with Crippen molar-refractivity contribution in [1.82, 2.24) is 4.98 Å². The van der Waals surface area contributed by atoms with Crippen molar-refractivity contribution >= 4 is 23.3 Å². The Kier molecular flexibility index (Phi) is 3.95. The van der Waals surface area contributed by atoms with Crippen LogP contribution < -0.4 is 9.80 Å². The number of ether oxygens (including phenoxy) is 2. The van der Waals surface area contributed by atoms with E-state index in [1.807, 2.05) is 26.8 Å². The normalized spacial score (nSPS) is 21.6. The van der Waals surface area contributed by atoms with Gasteiger partial charge >= 0.3 is 6.09 Å². The molecule has 0 atom stereocenters. The summed E-state index contributed by atoms with van der Waals surface area (Å²) in [6.45, 7) is 9.02. The Labute approximate surface area is 153 Å². The molecule has 0 unspecified atom stereocenters. The summed E-state index contributed by atoms with van der Waals surface area (Å²) in [5, 5.41) is 0. The predicted octanol–water partition coefficient (Wildman–Crippen LogP) is 2.64. The van der Waals surface area contributed by atoms with Crippen LogP contribution in [0.1, 0.15) is 44.1 Å². The second-order valence-electron chi connectivity index (χ2n) is 8.53. The first-order chi connectivity index (χ1) is 12.3. The van der Waals surface area contributed by atoms with Crippen LogP contribution in [0, 0.1) is 5.41 Å². The van der Waals surface area contributed by atoms with E-state index in [0.29, 0.717) is 16.8 Å². The number of Topliss-reactive ketones (excluding diaryl/α,β-unsaturated/α-hetero) is 1. The number of ketones is 1. The van der Waals surface area contributed by atoms with Gasteiger partial charge in [-0.25, -0.2) is 9.78 Å². The highest BCUT2D eigenvalue weighted by Gasteiger charge is 2.42. The average molecular weight is 359 g/mol. The average Bonchev–Trinajstić information content (AvgIpc) is 2.89. The number of fused-ring (bicyclic) bond motifs is 1. The maximum atomic E-state index is 12.5. The van der Waals surface area contributed by atoms with Gasteiger partial charge in [-0.2, -0.15) is 0 Å². The summed E-state index contributed by atoms with van der Waals surface area (Å²) >= 11 is 0. The SMILES string of the molecule is CC(C)(C)OC(=O)N1CC(=O)c2ncc(N3CCC4(CC3)COC4)cc21. The Morgan fingerprint density at radius 1 is 1.27 bits per heavy atom. The summed E-state index contributed by atoms with van der Waals surface area (Å²) in [5.41, 5.74) is 1.59. The molecule has 0 aliphatic carbocycles. The molecule has 3 aliphatic heterocycles. The molecule has 0 saturated carbocycles. The Hall–Kier alpha value is -2.15. The van der Waals surface area contributed by atoms with Gasteiger partial charge in [-0.3, -0.25) is 9.69 Å². The van der Waals surface area contributed by atoms with Crippen LogP contribution in [0.3, 0.4) is 0 Å². The van der Waals surface area contributed by atoms with Gasteiger partial charge in [0.25, 0.3) is 0 Å². The number of carbonyl (C=O) groups is 2. The van der Waals surface area contributed by atoms with Crippen LogP contribution in [0.4, 0.5) is 16.2 Å². The lowest BCUT2D eigenvalue weighted by Gasteiger charge is -2.47. The summed E-state index contributed by atoms with van der Waals surface area (Å²) < 4.78 is 10.8. The fraction of sp³-hybridized carbons (Fsp3) is 0.632. The van der Waals surface area contributed by atoms with Crippen molar-refractivity contribution in [3.05, 3.63) is 18.0 Å². The summed E-state index contributed by atoms with van der Waals surface area (Å²) in [6.07, 6.45) is 3.43. The fourth-order valence-corrected chi connectivity index (χ4v) is 3.74. The zero-order valence-electron chi connectivity index (χ0n) is 15.6. The molecule has 2 fully saturated rings. The van der Waals surface area contributed by atoms with Gasteiger partial charge < -0.3 is 14.4 Å². The second kappa shape index (κ2) is 5.94. The number of nitrogens with zero attached hydrogens (tertiary/aromatic N) is 3. The van der Waals surface area contributed by atoms with Crippen LogP contribution in [0.25, 0.3) is 0 Å². The zero-order chi connectivity index (χ0) is 18.5. The molecule has 3 aliphatic rings. The third kappa shape index (κ3) is 3.05. The number of hydrogen-bond donors (Lipinski definition) is 0. The van der Waals surface area contributed by atoms with E-state index >= 15 is 0 Å². The molecule has 2 saturated heterocycles. The molecule has 0 aromatic carbocycles. The topological polar surface area (TPSA) is 72.0 Å². The summed E-state index contributed by atoms with van der Waals surface area (Å²) in [5.74, 6) is -0.151. The molecule has 1 aromatic heterocycles. The Bertz CT molecular complexity index is 742. The molecule has 140 valence electrons. The molecule has 0 radical (unpaired) electrons. The molecule has 1 spiro atoms. The summed E-state index contributed by atoms with van der Waals surface area (Å²) in [7, 11) is 0. The van der Waals surface area contributed by atoms with Crippen LogP contribution in [0.2, 0.25) is 0 Å². The molecule has 26 heavy (non-hydrogen) atoms. The molecule has 0 N–H and O–H groups in total. The first-order valence-electron chi connectivity index (χ1n) is 9.13. The number of anilines is 2. The first-order valence-corrected chi connectivity index (χ1v) is 9.13. The van der Waals surface area contributed by atoms with Gasteiger partial charge in [0.05, 0.1) is 37.3 Å². The number of carbonyl (C=O) groups excluding carboxylic acids is 2. The molecular weight excluding hydrogens is 334 g/mol. The van der Waals surface area contributed by atoms with Gasteiger partial charge in [-0.15, -0.1) is 0 Å². The fourth-order valence-electron chi connectivity index (χ4n) is 3.74. The molecule has 1 aromatic rings. The molecular formula is C19H25N3O4. The van der Waals surface area contributed by atoms with Crippen LogP contribution in [-0.2, 0) is 9.47 Å². The molecule has 0 bridgehead atoms. The molecule has 4 heterocycles. The summed E-state index contributed by atoms with van der Waals surface area (Å²) in [6, 6.07) is 1.90.